The Bertz CT molecular complexity index is 441. The number of nitrogens with one attached hydrogen (secondary N) is 1. The third-order valence-electron chi connectivity index (χ3n) is 2.00. The zero-order valence-corrected chi connectivity index (χ0v) is 8.52. The molecule has 0 bridgehead atoms. The van der Waals surface area contributed by atoms with Gasteiger partial charge >= 0.3 is 0 Å². The van der Waals surface area contributed by atoms with Crippen LogP contribution in [0.3, 0.4) is 0 Å². The van der Waals surface area contributed by atoms with Gasteiger partial charge in [0.2, 0.25) is 0 Å². The number of nitrogen functional groups attached to an aromatic ring is 1. The average molecular weight is 218 g/mol. The summed E-state index contributed by atoms with van der Waals surface area (Å²) in [6, 6.07) is 7.83. The van der Waals surface area contributed by atoms with E-state index >= 15 is 0 Å². The Morgan fingerprint density at radius 2 is 2.19 bits per heavy atom. The standard InChI is InChI=1S/C11H11FN4/c12-8-2-1-3-9(6-8)15-7-11-14-5-4-10(13)16-11/h1-6,15H,7H2,(H2,13,14,16). The van der Waals surface area contributed by atoms with E-state index in [1.54, 1.807) is 24.4 Å². The first-order valence-electron chi connectivity index (χ1n) is 4.81. The number of halogens is 1. The quantitative estimate of drug-likeness (QED) is 0.824. The summed E-state index contributed by atoms with van der Waals surface area (Å²) in [5.74, 6) is 0.716. The molecule has 0 aliphatic rings. The van der Waals surface area contributed by atoms with Crippen molar-refractivity contribution >= 4 is 11.5 Å². The highest BCUT2D eigenvalue weighted by Gasteiger charge is 1.98. The summed E-state index contributed by atoms with van der Waals surface area (Å²) < 4.78 is 12.9. The molecule has 0 saturated heterocycles. The topological polar surface area (TPSA) is 63.8 Å². The van der Waals surface area contributed by atoms with E-state index in [4.69, 9.17) is 5.73 Å². The lowest BCUT2D eigenvalue weighted by Crippen LogP contribution is -2.05. The number of anilines is 2. The predicted molar refractivity (Wildman–Crippen MR) is 60.2 cm³/mol. The van der Waals surface area contributed by atoms with Gasteiger partial charge < -0.3 is 11.1 Å². The average Bonchev–Trinajstić information content (AvgIpc) is 2.27. The Morgan fingerprint density at radius 1 is 1.31 bits per heavy atom. The second-order valence-corrected chi connectivity index (χ2v) is 3.26. The lowest BCUT2D eigenvalue weighted by atomic mass is 10.3. The summed E-state index contributed by atoms with van der Waals surface area (Å²) in [7, 11) is 0. The van der Waals surface area contributed by atoms with Crippen molar-refractivity contribution in [3.63, 3.8) is 0 Å². The van der Waals surface area contributed by atoms with E-state index in [1.807, 2.05) is 0 Å². The van der Waals surface area contributed by atoms with Crippen molar-refractivity contribution in [1.82, 2.24) is 9.97 Å². The monoisotopic (exact) mass is 218 g/mol. The van der Waals surface area contributed by atoms with Crippen LogP contribution in [0.25, 0.3) is 0 Å². The normalized spacial score (nSPS) is 10.1. The van der Waals surface area contributed by atoms with E-state index in [-0.39, 0.29) is 5.82 Å². The Hall–Kier alpha value is -2.17. The summed E-state index contributed by atoms with van der Waals surface area (Å²) in [6.07, 6.45) is 1.59. The molecule has 0 fully saturated rings. The highest BCUT2D eigenvalue weighted by atomic mass is 19.1. The number of nitrogens with two attached hydrogens (primary N) is 1. The third-order valence-corrected chi connectivity index (χ3v) is 2.00. The van der Waals surface area contributed by atoms with E-state index in [9.17, 15) is 4.39 Å². The summed E-state index contributed by atoms with van der Waals surface area (Å²) in [5.41, 5.74) is 6.20. The maximum absolute atomic E-state index is 12.9. The second kappa shape index (κ2) is 4.57. The number of hydrogen-bond acceptors (Lipinski definition) is 4. The fourth-order valence-electron chi connectivity index (χ4n) is 1.28. The van der Waals surface area contributed by atoms with Crippen LogP contribution in [-0.2, 0) is 6.54 Å². The van der Waals surface area contributed by atoms with Gasteiger partial charge in [-0.05, 0) is 24.3 Å². The van der Waals surface area contributed by atoms with E-state index in [2.05, 4.69) is 15.3 Å². The van der Waals surface area contributed by atoms with Gasteiger partial charge in [-0.3, -0.25) is 0 Å². The van der Waals surface area contributed by atoms with Gasteiger partial charge in [0.05, 0.1) is 6.54 Å². The predicted octanol–water partition coefficient (Wildman–Crippen LogP) is 1.81. The van der Waals surface area contributed by atoms with Crippen molar-refractivity contribution in [3.05, 3.63) is 48.2 Å². The molecule has 1 heterocycles. The van der Waals surface area contributed by atoms with Crippen LogP contribution >= 0.6 is 0 Å². The Labute approximate surface area is 92.3 Å². The van der Waals surface area contributed by atoms with Gasteiger partial charge in [0, 0.05) is 11.9 Å². The Balaban J connectivity index is 2.02. The van der Waals surface area contributed by atoms with Gasteiger partial charge in [0.25, 0.3) is 0 Å². The van der Waals surface area contributed by atoms with Crippen LogP contribution in [0.1, 0.15) is 5.82 Å². The maximum atomic E-state index is 12.9. The summed E-state index contributed by atoms with van der Waals surface area (Å²) in [6.45, 7) is 0.411. The highest BCUT2D eigenvalue weighted by molar-refractivity contribution is 5.43. The van der Waals surface area contributed by atoms with Crippen LogP contribution < -0.4 is 11.1 Å². The van der Waals surface area contributed by atoms with Gasteiger partial charge in [0.15, 0.2) is 0 Å². The summed E-state index contributed by atoms with van der Waals surface area (Å²) in [5, 5.41) is 3.01. The van der Waals surface area contributed by atoms with Crippen molar-refractivity contribution in [2.75, 3.05) is 11.1 Å². The molecule has 4 nitrogen and oxygen atoms in total. The molecular weight excluding hydrogens is 207 g/mol. The Kier molecular flexibility index (Phi) is 2.95. The van der Waals surface area contributed by atoms with Gasteiger partial charge in [-0.15, -0.1) is 0 Å². The fraction of sp³-hybridized carbons (Fsp3) is 0.0909. The van der Waals surface area contributed by atoms with Gasteiger partial charge in [-0.25, -0.2) is 14.4 Å². The first-order chi connectivity index (χ1) is 7.74. The number of aromatic nitrogens is 2. The molecule has 2 aromatic rings. The SMILES string of the molecule is Nc1ccnc(CNc2cccc(F)c2)n1. The van der Waals surface area contributed by atoms with Crippen molar-refractivity contribution in [1.29, 1.82) is 0 Å². The van der Waals surface area contributed by atoms with E-state index in [1.165, 1.54) is 12.1 Å². The minimum absolute atomic E-state index is 0.279. The molecule has 0 saturated carbocycles. The van der Waals surface area contributed by atoms with E-state index < -0.39 is 0 Å². The van der Waals surface area contributed by atoms with Crippen LogP contribution in [0.15, 0.2) is 36.5 Å². The molecule has 0 unspecified atom stereocenters. The van der Waals surface area contributed by atoms with Crippen LogP contribution in [0, 0.1) is 5.82 Å². The summed E-state index contributed by atoms with van der Waals surface area (Å²) >= 11 is 0. The first kappa shape index (κ1) is 10.4. The summed E-state index contributed by atoms with van der Waals surface area (Å²) in [4.78, 5) is 8.05. The molecule has 0 spiro atoms. The third kappa shape index (κ3) is 2.66. The maximum Gasteiger partial charge on any atom is 0.149 e. The smallest absolute Gasteiger partial charge is 0.149 e. The van der Waals surface area contributed by atoms with Gasteiger partial charge in [-0.2, -0.15) is 0 Å². The molecule has 82 valence electrons. The van der Waals surface area contributed by atoms with Crippen LogP contribution in [-0.4, -0.2) is 9.97 Å². The van der Waals surface area contributed by atoms with Crippen LogP contribution in [0.4, 0.5) is 15.9 Å². The molecule has 2 rings (SSSR count). The molecule has 3 N–H and O–H groups in total. The minimum atomic E-state index is -0.279. The van der Waals surface area contributed by atoms with Crippen molar-refractivity contribution in [3.8, 4) is 0 Å². The molecule has 5 heteroatoms. The molecule has 0 amide bonds. The minimum Gasteiger partial charge on any atom is -0.384 e. The molecule has 0 atom stereocenters. The van der Waals surface area contributed by atoms with Gasteiger partial charge in [0.1, 0.15) is 17.5 Å². The van der Waals surface area contributed by atoms with Crippen LogP contribution in [0.2, 0.25) is 0 Å². The Morgan fingerprint density at radius 3 is 2.94 bits per heavy atom. The van der Waals surface area contributed by atoms with Crippen molar-refractivity contribution in [2.45, 2.75) is 6.54 Å². The number of nitrogens with zero attached hydrogens (tertiary/aromatic N) is 2. The van der Waals surface area contributed by atoms with Crippen molar-refractivity contribution < 1.29 is 4.39 Å². The number of rotatable bonds is 3. The highest BCUT2D eigenvalue weighted by Crippen LogP contribution is 2.09. The zero-order chi connectivity index (χ0) is 11.4. The first-order valence-corrected chi connectivity index (χ1v) is 4.81. The number of hydrogen-bond donors (Lipinski definition) is 2. The fourth-order valence-corrected chi connectivity index (χ4v) is 1.28. The van der Waals surface area contributed by atoms with Crippen molar-refractivity contribution in [2.24, 2.45) is 0 Å². The number of benzene rings is 1. The zero-order valence-electron chi connectivity index (χ0n) is 8.52. The lowest BCUT2D eigenvalue weighted by Gasteiger charge is -2.05. The largest absolute Gasteiger partial charge is 0.384 e. The molecule has 16 heavy (non-hydrogen) atoms. The molecule has 0 aliphatic heterocycles. The second-order valence-electron chi connectivity index (χ2n) is 3.26. The van der Waals surface area contributed by atoms with E-state index in [0.29, 0.717) is 23.9 Å². The molecule has 0 aliphatic carbocycles. The van der Waals surface area contributed by atoms with Gasteiger partial charge in [-0.1, -0.05) is 6.07 Å². The molecule has 1 aromatic carbocycles. The molecular formula is C11H11FN4. The molecule has 0 radical (unpaired) electrons. The van der Waals surface area contributed by atoms with Crippen LogP contribution in [0.5, 0.6) is 0 Å². The molecule has 1 aromatic heterocycles. The van der Waals surface area contributed by atoms with E-state index in [0.717, 1.165) is 0 Å². The lowest BCUT2D eigenvalue weighted by molar-refractivity contribution is 0.628.